The molecule has 7 heteroatoms. The molecule has 2 amide bonds. The second-order valence-electron chi connectivity index (χ2n) is 10.1. The zero-order chi connectivity index (χ0) is 26.4. The van der Waals surface area contributed by atoms with Gasteiger partial charge in [-0.05, 0) is 71.8 Å². The Morgan fingerprint density at radius 1 is 1.05 bits per heavy atom. The Hall–Kier alpha value is -3.04. The number of hydrogen-bond donors (Lipinski definition) is 2. The van der Waals surface area contributed by atoms with E-state index in [0.29, 0.717) is 45.6 Å². The molecule has 1 saturated heterocycles. The second kappa shape index (κ2) is 12.5. The molecule has 1 aliphatic heterocycles. The molecule has 2 N–H and O–H groups in total. The molecular weight excluding hydrogens is 503 g/mol. The Bertz CT molecular complexity index is 1250. The normalized spacial score (nSPS) is 17.8. The minimum Gasteiger partial charge on any atom is -0.338 e. The lowest BCUT2D eigenvalue weighted by molar-refractivity contribution is 0.144. The van der Waals surface area contributed by atoms with Gasteiger partial charge in [0.05, 0.1) is 11.6 Å². The summed E-state index contributed by atoms with van der Waals surface area (Å²) < 4.78 is 0. The molecule has 1 fully saturated rings. The van der Waals surface area contributed by atoms with E-state index in [1.807, 2.05) is 24.3 Å². The van der Waals surface area contributed by atoms with Crippen molar-refractivity contribution in [2.75, 3.05) is 31.5 Å². The third-order valence-corrected chi connectivity index (χ3v) is 7.21. The van der Waals surface area contributed by atoms with Crippen LogP contribution in [0.5, 0.6) is 0 Å². The Morgan fingerprint density at radius 3 is 2.46 bits per heavy atom. The predicted octanol–water partition coefficient (Wildman–Crippen LogP) is 7.42. The first-order valence-electron chi connectivity index (χ1n) is 12.6. The molecule has 5 nitrogen and oxygen atoms in total. The minimum absolute atomic E-state index is 0.269. The Morgan fingerprint density at radius 2 is 1.78 bits per heavy atom. The van der Waals surface area contributed by atoms with Gasteiger partial charge in [0.15, 0.2) is 0 Å². The third kappa shape index (κ3) is 7.49. The maximum absolute atomic E-state index is 12.6. The maximum atomic E-state index is 12.6. The van der Waals surface area contributed by atoms with Gasteiger partial charge in [-0.25, -0.2) is 4.79 Å². The number of anilines is 1. The van der Waals surface area contributed by atoms with Crippen LogP contribution in [0.2, 0.25) is 10.0 Å². The number of hydrogen-bond acceptors (Lipinski definition) is 3. The van der Waals surface area contributed by atoms with Crippen molar-refractivity contribution in [1.29, 1.82) is 5.26 Å². The van der Waals surface area contributed by atoms with Gasteiger partial charge in [-0.3, -0.25) is 0 Å². The van der Waals surface area contributed by atoms with Crippen molar-refractivity contribution in [1.82, 2.24) is 10.2 Å². The first-order valence-corrected chi connectivity index (χ1v) is 13.4. The number of benzene rings is 3. The number of piperidine rings is 1. The SMILES string of the molecule is CC(C)CN1CCC(CNC(=O)Nc2cc(Cl)cc(Cl)c2)C(c2ccc(-c3cccc(C#N)c3)cc2)C1. The lowest BCUT2D eigenvalue weighted by Crippen LogP contribution is -2.45. The van der Waals surface area contributed by atoms with E-state index in [9.17, 15) is 10.1 Å². The zero-order valence-corrected chi connectivity index (χ0v) is 22.7. The fourth-order valence-electron chi connectivity index (χ4n) is 5.09. The molecule has 3 aromatic rings. The van der Waals surface area contributed by atoms with Gasteiger partial charge in [0, 0.05) is 41.3 Å². The molecule has 4 rings (SSSR count). The molecule has 37 heavy (non-hydrogen) atoms. The van der Waals surface area contributed by atoms with Crippen LogP contribution in [0.25, 0.3) is 11.1 Å². The van der Waals surface area contributed by atoms with Crippen LogP contribution in [0.15, 0.2) is 66.7 Å². The summed E-state index contributed by atoms with van der Waals surface area (Å²) in [5, 5.41) is 16.1. The van der Waals surface area contributed by atoms with Crippen LogP contribution < -0.4 is 10.6 Å². The largest absolute Gasteiger partial charge is 0.338 e. The fourth-order valence-corrected chi connectivity index (χ4v) is 5.61. The van der Waals surface area contributed by atoms with Crippen LogP contribution in [0, 0.1) is 23.2 Å². The summed E-state index contributed by atoms with van der Waals surface area (Å²) in [6.45, 7) is 8.11. The van der Waals surface area contributed by atoms with E-state index in [0.717, 1.165) is 37.2 Å². The van der Waals surface area contributed by atoms with Crippen LogP contribution in [-0.2, 0) is 0 Å². The van der Waals surface area contributed by atoms with Crippen LogP contribution >= 0.6 is 23.2 Å². The second-order valence-corrected chi connectivity index (χ2v) is 11.0. The highest BCUT2D eigenvalue weighted by molar-refractivity contribution is 6.35. The van der Waals surface area contributed by atoms with Gasteiger partial charge in [0.1, 0.15) is 0 Å². The first kappa shape index (κ1) is 27.0. The molecule has 0 aromatic heterocycles. The van der Waals surface area contributed by atoms with Gasteiger partial charge in [0.25, 0.3) is 0 Å². The summed E-state index contributed by atoms with van der Waals surface area (Å²) in [6, 6.07) is 23.2. The van der Waals surface area contributed by atoms with E-state index < -0.39 is 0 Å². The molecule has 3 aromatic carbocycles. The fraction of sp³-hybridized carbons (Fsp3) is 0.333. The standard InChI is InChI=1S/C30H32Cl2N4O/c1-20(2)18-36-11-10-25(17-34-30(37)35-28-14-26(31)13-27(32)15-28)29(19-36)23-8-6-22(7-9-23)24-5-3-4-21(12-24)16-33/h3-9,12-15,20,25,29H,10-11,17-19H2,1-2H3,(H2,34,35,37). The number of nitriles is 1. The van der Waals surface area contributed by atoms with Gasteiger partial charge in [-0.1, -0.05) is 73.4 Å². The predicted molar refractivity (Wildman–Crippen MR) is 152 cm³/mol. The smallest absolute Gasteiger partial charge is 0.319 e. The van der Waals surface area contributed by atoms with E-state index in [2.05, 4.69) is 59.7 Å². The number of urea groups is 1. The number of halogens is 2. The highest BCUT2D eigenvalue weighted by Crippen LogP contribution is 2.34. The molecule has 0 aliphatic carbocycles. The molecule has 2 unspecified atom stereocenters. The quantitative estimate of drug-likeness (QED) is 0.331. The highest BCUT2D eigenvalue weighted by Gasteiger charge is 2.31. The van der Waals surface area contributed by atoms with Crippen LogP contribution in [-0.4, -0.2) is 37.1 Å². The molecule has 1 heterocycles. The van der Waals surface area contributed by atoms with E-state index >= 15 is 0 Å². The van der Waals surface area contributed by atoms with E-state index in [4.69, 9.17) is 23.2 Å². The first-order chi connectivity index (χ1) is 17.8. The Kier molecular flexibility index (Phi) is 9.10. The van der Waals surface area contributed by atoms with Crippen LogP contribution in [0.4, 0.5) is 10.5 Å². The average Bonchev–Trinajstić information content (AvgIpc) is 2.87. The molecule has 1 aliphatic rings. The number of nitrogens with one attached hydrogen (secondary N) is 2. The summed E-state index contributed by atoms with van der Waals surface area (Å²) >= 11 is 12.1. The Labute approximate surface area is 229 Å². The number of likely N-dealkylation sites (tertiary alicyclic amines) is 1. The lowest BCUT2D eigenvalue weighted by atomic mass is 9.80. The zero-order valence-electron chi connectivity index (χ0n) is 21.2. The van der Waals surface area contributed by atoms with Gasteiger partial charge < -0.3 is 15.5 Å². The topological polar surface area (TPSA) is 68.2 Å². The number of rotatable bonds is 7. The summed E-state index contributed by atoms with van der Waals surface area (Å²) in [7, 11) is 0. The van der Waals surface area contributed by atoms with Crippen molar-refractivity contribution in [2.45, 2.75) is 26.2 Å². The molecular formula is C30H32Cl2N4O. The maximum Gasteiger partial charge on any atom is 0.319 e. The van der Waals surface area contributed by atoms with Crippen molar-refractivity contribution in [3.63, 3.8) is 0 Å². The summed E-state index contributed by atoms with van der Waals surface area (Å²) in [4.78, 5) is 15.2. The van der Waals surface area contributed by atoms with Crippen LogP contribution in [0.1, 0.15) is 37.3 Å². The van der Waals surface area contributed by atoms with E-state index in [1.54, 1.807) is 18.2 Å². The van der Waals surface area contributed by atoms with Crippen molar-refractivity contribution in [2.24, 2.45) is 11.8 Å². The number of carbonyl (C=O) groups excluding carboxylic acids is 1. The molecule has 0 saturated carbocycles. The number of carbonyl (C=O) groups is 1. The van der Waals surface area contributed by atoms with Crippen molar-refractivity contribution in [3.05, 3.63) is 87.9 Å². The third-order valence-electron chi connectivity index (χ3n) is 6.77. The lowest BCUT2D eigenvalue weighted by Gasteiger charge is -2.39. The molecule has 2 atom stereocenters. The van der Waals surface area contributed by atoms with Crippen LogP contribution in [0.3, 0.4) is 0 Å². The monoisotopic (exact) mass is 534 g/mol. The molecule has 0 bridgehead atoms. The van der Waals surface area contributed by atoms with Crippen molar-refractivity contribution >= 4 is 34.9 Å². The summed E-state index contributed by atoms with van der Waals surface area (Å²) in [6.07, 6.45) is 1.01. The van der Waals surface area contributed by atoms with E-state index in [-0.39, 0.29) is 6.03 Å². The number of amides is 2. The number of nitrogens with zero attached hydrogens (tertiary/aromatic N) is 2. The Balaban J connectivity index is 1.47. The van der Waals surface area contributed by atoms with Crippen molar-refractivity contribution < 1.29 is 4.79 Å². The summed E-state index contributed by atoms with van der Waals surface area (Å²) in [5.41, 5.74) is 4.61. The molecule has 0 spiro atoms. The van der Waals surface area contributed by atoms with Gasteiger partial charge in [-0.2, -0.15) is 5.26 Å². The van der Waals surface area contributed by atoms with Gasteiger partial charge >= 0.3 is 6.03 Å². The van der Waals surface area contributed by atoms with Gasteiger partial charge in [0.2, 0.25) is 0 Å². The highest BCUT2D eigenvalue weighted by atomic mass is 35.5. The molecule has 0 radical (unpaired) electrons. The summed E-state index contributed by atoms with van der Waals surface area (Å²) in [5.74, 6) is 1.21. The minimum atomic E-state index is -0.269. The van der Waals surface area contributed by atoms with Crippen molar-refractivity contribution in [3.8, 4) is 17.2 Å². The van der Waals surface area contributed by atoms with E-state index in [1.165, 1.54) is 5.56 Å². The molecule has 192 valence electrons. The van der Waals surface area contributed by atoms with Gasteiger partial charge in [-0.15, -0.1) is 0 Å². The average molecular weight is 536 g/mol.